The summed E-state index contributed by atoms with van der Waals surface area (Å²) in [5.41, 5.74) is 3.28. The molecule has 25 heavy (non-hydrogen) atoms. The van der Waals surface area contributed by atoms with Gasteiger partial charge in [-0.1, -0.05) is 0 Å². The largest absolute Gasteiger partial charge is 0.339 e. The quantitative estimate of drug-likeness (QED) is 0.889. The van der Waals surface area contributed by atoms with E-state index in [2.05, 4.69) is 20.5 Å². The van der Waals surface area contributed by atoms with Gasteiger partial charge in [-0.3, -0.25) is 19.7 Å². The van der Waals surface area contributed by atoms with Gasteiger partial charge in [-0.25, -0.2) is 0 Å². The van der Waals surface area contributed by atoms with Crippen LogP contribution in [0.2, 0.25) is 0 Å². The van der Waals surface area contributed by atoms with Crippen molar-refractivity contribution in [3.63, 3.8) is 0 Å². The van der Waals surface area contributed by atoms with Crippen LogP contribution in [0.25, 0.3) is 0 Å². The van der Waals surface area contributed by atoms with Gasteiger partial charge in [0.25, 0.3) is 5.91 Å². The minimum absolute atomic E-state index is 0.0861. The van der Waals surface area contributed by atoms with Crippen LogP contribution in [-0.2, 0) is 17.6 Å². The van der Waals surface area contributed by atoms with Crippen molar-refractivity contribution in [2.45, 2.75) is 44.6 Å². The standard InChI is InChI=1S/C18H21N5O2/c24-17(16-13-6-1-2-7-14(13)21-22-16)20-15-8-4-10-23(18(15)25)12-5-3-9-19-11-12/h3,5,9,11,15H,1-2,4,6-8,10H2,(H,20,24)(H,21,22)/t15-/m0/s1. The number of aryl methyl sites for hydroxylation is 1. The number of nitrogens with one attached hydrogen (secondary N) is 2. The predicted molar refractivity (Wildman–Crippen MR) is 92.3 cm³/mol. The maximum atomic E-state index is 12.8. The Morgan fingerprint density at radius 1 is 1.28 bits per heavy atom. The minimum atomic E-state index is -0.516. The number of hydrogen-bond acceptors (Lipinski definition) is 4. The molecule has 0 saturated carbocycles. The number of fused-ring (bicyclic) bond motifs is 1. The van der Waals surface area contributed by atoms with Crippen molar-refractivity contribution in [1.29, 1.82) is 0 Å². The third kappa shape index (κ3) is 3.01. The zero-order chi connectivity index (χ0) is 17.2. The first-order valence-electron chi connectivity index (χ1n) is 8.82. The van der Waals surface area contributed by atoms with E-state index in [0.29, 0.717) is 18.7 Å². The summed E-state index contributed by atoms with van der Waals surface area (Å²) in [5.74, 6) is -0.345. The highest BCUT2D eigenvalue weighted by Gasteiger charge is 2.32. The van der Waals surface area contributed by atoms with Crippen LogP contribution in [0.15, 0.2) is 24.5 Å². The monoisotopic (exact) mass is 339 g/mol. The van der Waals surface area contributed by atoms with Crippen molar-refractivity contribution >= 4 is 17.5 Å². The zero-order valence-corrected chi connectivity index (χ0v) is 14.0. The molecular weight excluding hydrogens is 318 g/mol. The fraction of sp³-hybridized carbons (Fsp3) is 0.444. The van der Waals surface area contributed by atoms with Crippen molar-refractivity contribution in [1.82, 2.24) is 20.5 Å². The number of anilines is 1. The summed E-state index contributed by atoms with van der Waals surface area (Å²) < 4.78 is 0. The van der Waals surface area contributed by atoms with E-state index in [4.69, 9.17) is 0 Å². The summed E-state index contributed by atoms with van der Waals surface area (Å²) in [5, 5.41) is 10.1. The lowest BCUT2D eigenvalue weighted by Crippen LogP contribution is -2.52. The van der Waals surface area contributed by atoms with Crippen LogP contribution < -0.4 is 10.2 Å². The lowest BCUT2D eigenvalue weighted by molar-refractivity contribution is -0.121. The van der Waals surface area contributed by atoms with E-state index in [1.165, 1.54) is 0 Å². The molecule has 1 saturated heterocycles. The molecule has 0 spiro atoms. The third-order valence-electron chi connectivity index (χ3n) is 4.97. The molecule has 2 amide bonds. The fourth-order valence-corrected chi connectivity index (χ4v) is 3.67. The van der Waals surface area contributed by atoms with Gasteiger partial charge in [-0.15, -0.1) is 0 Å². The molecule has 2 aromatic rings. The highest BCUT2D eigenvalue weighted by atomic mass is 16.2. The average molecular weight is 339 g/mol. The van der Waals surface area contributed by atoms with Crippen LogP contribution in [-0.4, -0.2) is 39.6 Å². The van der Waals surface area contributed by atoms with E-state index in [-0.39, 0.29) is 11.8 Å². The second-order valence-corrected chi connectivity index (χ2v) is 6.61. The van der Waals surface area contributed by atoms with Crippen LogP contribution in [0.5, 0.6) is 0 Å². The summed E-state index contributed by atoms with van der Waals surface area (Å²) >= 11 is 0. The van der Waals surface area contributed by atoms with Gasteiger partial charge in [-0.2, -0.15) is 5.10 Å². The van der Waals surface area contributed by atoms with Crippen LogP contribution in [0, 0.1) is 0 Å². The SMILES string of the molecule is O=C(N[C@H]1CCCN(c2cccnc2)C1=O)c1n[nH]c2c1CCCC2. The molecule has 2 aliphatic rings. The van der Waals surface area contributed by atoms with Gasteiger partial charge in [0.05, 0.1) is 11.9 Å². The Bertz CT molecular complexity index is 786. The van der Waals surface area contributed by atoms with Crippen LogP contribution >= 0.6 is 0 Å². The number of carbonyl (C=O) groups is 2. The maximum absolute atomic E-state index is 12.8. The molecule has 4 rings (SSSR count). The number of nitrogens with zero attached hydrogens (tertiary/aromatic N) is 3. The summed E-state index contributed by atoms with van der Waals surface area (Å²) in [6.07, 6.45) is 8.84. The van der Waals surface area contributed by atoms with Crippen LogP contribution in [0.4, 0.5) is 5.69 Å². The summed E-state index contributed by atoms with van der Waals surface area (Å²) in [6, 6.07) is 3.15. The van der Waals surface area contributed by atoms with Gasteiger partial charge >= 0.3 is 0 Å². The molecular formula is C18H21N5O2. The molecule has 3 heterocycles. The maximum Gasteiger partial charge on any atom is 0.272 e. The zero-order valence-electron chi connectivity index (χ0n) is 14.0. The predicted octanol–water partition coefficient (Wildman–Crippen LogP) is 1.61. The van der Waals surface area contributed by atoms with E-state index in [9.17, 15) is 9.59 Å². The van der Waals surface area contributed by atoms with E-state index in [1.54, 1.807) is 23.4 Å². The van der Waals surface area contributed by atoms with Gasteiger partial charge in [0.1, 0.15) is 6.04 Å². The lowest BCUT2D eigenvalue weighted by atomic mass is 9.95. The number of piperidine rings is 1. The molecule has 7 nitrogen and oxygen atoms in total. The average Bonchev–Trinajstić information content (AvgIpc) is 3.08. The summed E-state index contributed by atoms with van der Waals surface area (Å²) in [4.78, 5) is 31.2. The molecule has 0 unspecified atom stereocenters. The number of amides is 2. The number of H-pyrrole nitrogens is 1. The Balaban J connectivity index is 1.49. The Hall–Kier alpha value is -2.70. The highest BCUT2D eigenvalue weighted by Crippen LogP contribution is 2.23. The first-order chi connectivity index (χ1) is 12.2. The van der Waals surface area contributed by atoms with Crippen molar-refractivity contribution < 1.29 is 9.59 Å². The van der Waals surface area contributed by atoms with Crippen LogP contribution in [0.3, 0.4) is 0 Å². The smallest absolute Gasteiger partial charge is 0.272 e. The fourth-order valence-electron chi connectivity index (χ4n) is 3.67. The highest BCUT2D eigenvalue weighted by molar-refractivity contribution is 6.02. The second kappa shape index (κ2) is 6.66. The van der Waals surface area contributed by atoms with Crippen molar-refractivity contribution in [2.75, 3.05) is 11.4 Å². The molecule has 1 aliphatic carbocycles. The molecule has 1 aliphatic heterocycles. The Labute approximate surface area is 145 Å². The molecule has 7 heteroatoms. The molecule has 1 fully saturated rings. The third-order valence-corrected chi connectivity index (χ3v) is 4.97. The summed E-state index contributed by atoms with van der Waals surface area (Å²) in [6.45, 7) is 0.648. The first kappa shape index (κ1) is 15.8. The number of carbonyl (C=O) groups excluding carboxylic acids is 2. The number of pyridine rings is 1. The Morgan fingerprint density at radius 3 is 3.00 bits per heavy atom. The number of hydrogen-bond donors (Lipinski definition) is 2. The number of aromatic amines is 1. The minimum Gasteiger partial charge on any atom is -0.339 e. The lowest BCUT2D eigenvalue weighted by Gasteiger charge is -2.32. The number of aromatic nitrogens is 3. The van der Waals surface area contributed by atoms with Gasteiger partial charge < -0.3 is 10.2 Å². The molecule has 0 aromatic carbocycles. The van der Waals surface area contributed by atoms with Gasteiger partial charge in [0.15, 0.2) is 5.69 Å². The molecule has 0 bridgehead atoms. The van der Waals surface area contributed by atoms with Gasteiger partial charge in [0, 0.05) is 24.0 Å². The molecule has 130 valence electrons. The second-order valence-electron chi connectivity index (χ2n) is 6.61. The normalized spacial score (nSPS) is 20.2. The molecule has 2 N–H and O–H groups in total. The van der Waals surface area contributed by atoms with E-state index >= 15 is 0 Å². The van der Waals surface area contributed by atoms with E-state index in [1.807, 2.05) is 6.07 Å². The molecule has 1 atom stereocenters. The van der Waals surface area contributed by atoms with Crippen molar-refractivity contribution in [3.05, 3.63) is 41.5 Å². The Morgan fingerprint density at radius 2 is 2.16 bits per heavy atom. The topological polar surface area (TPSA) is 91.0 Å². The van der Waals surface area contributed by atoms with E-state index < -0.39 is 6.04 Å². The van der Waals surface area contributed by atoms with Gasteiger partial charge in [0.2, 0.25) is 5.91 Å². The first-order valence-corrected chi connectivity index (χ1v) is 8.82. The van der Waals surface area contributed by atoms with Crippen LogP contribution in [0.1, 0.15) is 47.4 Å². The molecule has 0 radical (unpaired) electrons. The Kier molecular flexibility index (Phi) is 4.21. The van der Waals surface area contributed by atoms with Crippen molar-refractivity contribution in [3.8, 4) is 0 Å². The number of rotatable bonds is 3. The molecule has 2 aromatic heterocycles. The van der Waals surface area contributed by atoms with Gasteiger partial charge in [-0.05, 0) is 50.7 Å². The summed E-state index contributed by atoms with van der Waals surface area (Å²) in [7, 11) is 0. The van der Waals surface area contributed by atoms with E-state index in [0.717, 1.165) is 49.0 Å². The van der Waals surface area contributed by atoms with Crippen molar-refractivity contribution in [2.24, 2.45) is 0 Å².